The molecule has 0 spiro atoms. The summed E-state index contributed by atoms with van der Waals surface area (Å²) in [6.45, 7) is 2.10. The first-order valence-corrected chi connectivity index (χ1v) is 9.02. The summed E-state index contributed by atoms with van der Waals surface area (Å²) < 4.78 is 24.3. The molecule has 3 aromatic rings. The van der Waals surface area contributed by atoms with E-state index in [0.717, 1.165) is 11.9 Å². The fourth-order valence-electron chi connectivity index (χ4n) is 2.56. The van der Waals surface area contributed by atoms with Crippen LogP contribution in [0, 0.1) is 24.1 Å². The Hall–Kier alpha value is -3.61. The van der Waals surface area contributed by atoms with Gasteiger partial charge >= 0.3 is 0 Å². The van der Waals surface area contributed by atoms with Crippen LogP contribution < -0.4 is 10.2 Å². The molecule has 0 amide bonds. The molecule has 0 aliphatic carbocycles. The van der Waals surface area contributed by atoms with E-state index in [1.165, 1.54) is 6.21 Å². The zero-order chi connectivity index (χ0) is 21.5. The average molecular weight is 427 g/mol. The molecule has 0 saturated heterocycles. The van der Waals surface area contributed by atoms with Crippen LogP contribution in [-0.2, 0) is 11.3 Å². The van der Waals surface area contributed by atoms with Crippen molar-refractivity contribution in [2.45, 2.75) is 13.5 Å². The predicted octanol–water partition coefficient (Wildman–Crippen LogP) is 4.23. The van der Waals surface area contributed by atoms with Crippen molar-refractivity contribution >= 4 is 23.6 Å². The minimum absolute atomic E-state index is 0.125. The van der Waals surface area contributed by atoms with Gasteiger partial charge in [-0.3, -0.25) is 5.43 Å². The molecule has 2 aromatic heterocycles. The van der Waals surface area contributed by atoms with Gasteiger partial charge in [0, 0.05) is 18.4 Å². The van der Waals surface area contributed by atoms with Crippen LogP contribution in [0.4, 0.5) is 10.2 Å². The summed E-state index contributed by atoms with van der Waals surface area (Å²) in [5.74, 6) is -0.357. The highest BCUT2D eigenvalue weighted by molar-refractivity contribution is 6.28. The van der Waals surface area contributed by atoms with Crippen LogP contribution in [0.1, 0.15) is 22.4 Å². The number of rotatable bonds is 7. The summed E-state index contributed by atoms with van der Waals surface area (Å²) in [5.41, 5.74) is 5.23. The number of anilines is 1. The lowest BCUT2D eigenvalue weighted by molar-refractivity contribution is 0.184. The Morgan fingerprint density at radius 2 is 2.17 bits per heavy atom. The number of hydrogen-bond acceptors (Lipinski definition) is 8. The first-order valence-electron chi connectivity index (χ1n) is 8.64. The number of benzene rings is 1. The van der Waals surface area contributed by atoms with Gasteiger partial charge in [-0.15, -0.1) is 0 Å². The highest BCUT2D eigenvalue weighted by atomic mass is 35.5. The Morgan fingerprint density at radius 3 is 2.93 bits per heavy atom. The van der Waals surface area contributed by atoms with Crippen LogP contribution in [0.15, 0.2) is 41.6 Å². The van der Waals surface area contributed by atoms with E-state index < -0.39 is 5.82 Å². The quantitative estimate of drug-likeness (QED) is 0.342. The van der Waals surface area contributed by atoms with Gasteiger partial charge in [0.2, 0.25) is 11.1 Å². The Morgan fingerprint density at radius 1 is 1.33 bits per heavy atom. The normalized spacial score (nSPS) is 10.8. The third-order valence-corrected chi connectivity index (χ3v) is 3.96. The van der Waals surface area contributed by atoms with Gasteiger partial charge in [-0.05, 0) is 42.3 Å². The van der Waals surface area contributed by atoms with Crippen LogP contribution in [0.3, 0.4) is 0 Å². The number of ether oxygens (including phenoxy) is 2. The molecule has 10 heteroatoms. The van der Waals surface area contributed by atoms with Crippen molar-refractivity contribution in [1.82, 2.24) is 15.0 Å². The summed E-state index contributed by atoms with van der Waals surface area (Å²) in [7, 11) is 1.55. The summed E-state index contributed by atoms with van der Waals surface area (Å²) >= 11 is 5.67. The van der Waals surface area contributed by atoms with Crippen LogP contribution in [0.2, 0.25) is 5.28 Å². The third-order valence-electron chi connectivity index (χ3n) is 3.78. The monoisotopic (exact) mass is 426 g/mol. The van der Waals surface area contributed by atoms with E-state index in [1.54, 1.807) is 37.4 Å². The molecule has 0 aliphatic heterocycles. The van der Waals surface area contributed by atoms with Crippen molar-refractivity contribution in [2.75, 3.05) is 12.5 Å². The van der Waals surface area contributed by atoms with Gasteiger partial charge in [-0.2, -0.15) is 19.7 Å². The van der Waals surface area contributed by atoms with E-state index in [-0.39, 0.29) is 17.8 Å². The molecule has 1 aromatic carbocycles. The molecule has 0 atom stereocenters. The molecule has 0 radical (unpaired) electrons. The number of pyridine rings is 1. The summed E-state index contributed by atoms with van der Waals surface area (Å²) in [4.78, 5) is 11.6. The Kier molecular flexibility index (Phi) is 6.85. The lowest BCUT2D eigenvalue weighted by Gasteiger charge is -2.09. The maximum atomic E-state index is 13.8. The van der Waals surface area contributed by atoms with E-state index >= 15 is 0 Å². The number of nitrogens with zero attached hydrogens (tertiary/aromatic N) is 5. The zero-order valence-corrected chi connectivity index (χ0v) is 16.8. The smallest absolute Gasteiger partial charge is 0.260 e. The summed E-state index contributed by atoms with van der Waals surface area (Å²) in [6, 6.07) is 10.6. The number of halogens is 2. The first-order chi connectivity index (χ1) is 14.5. The molecular formula is C20H16ClFN6O2. The molecular weight excluding hydrogens is 411 g/mol. The van der Waals surface area contributed by atoms with Crippen LogP contribution in [-0.4, -0.2) is 28.3 Å². The van der Waals surface area contributed by atoms with Gasteiger partial charge in [-0.1, -0.05) is 12.1 Å². The van der Waals surface area contributed by atoms with Crippen LogP contribution in [0.25, 0.3) is 0 Å². The molecule has 0 unspecified atom stereocenters. The Labute approximate surface area is 177 Å². The molecule has 0 saturated carbocycles. The van der Waals surface area contributed by atoms with Gasteiger partial charge in [0.15, 0.2) is 5.82 Å². The molecule has 3 rings (SSSR count). The van der Waals surface area contributed by atoms with E-state index in [4.69, 9.17) is 21.1 Å². The molecule has 30 heavy (non-hydrogen) atoms. The van der Waals surface area contributed by atoms with Crippen LogP contribution >= 0.6 is 11.6 Å². The molecule has 0 bridgehead atoms. The van der Waals surface area contributed by atoms with Crippen molar-refractivity contribution in [3.8, 4) is 17.7 Å². The third kappa shape index (κ3) is 5.26. The highest BCUT2D eigenvalue weighted by Crippen LogP contribution is 2.23. The van der Waals surface area contributed by atoms with Crippen molar-refractivity contribution < 1.29 is 13.9 Å². The molecule has 2 heterocycles. The Bertz CT molecular complexity index is 1130. The number of aryl methyl sites for hydroxylation is 1. The first kappa shape index (κ1) is 21.1. The Balaban J connectivity index is 1.77. The molecule has 0 fully saturated rings. The molecule has 1 N–H and O–H groups in total. The number of hydrazone groups is 1. The van der Waals surface area contributed by atoms with Crippen molar-refractivity contribution in [2.24, 2.45) is 5.10 Å². The number of aromatic nitrogens is 3. The fraction of sp³-hybridized carbons (Fsp3) is 0.150. The minimum atomic E-state index is -0.735. The lowest BCUT2D eigenvalue weighted by atomic mass is 10.1. The average Bonchev–Trinajstić information content (AvgIpc) is 2.71. The minimum Gasteiger partial charge on any atom is -0.436 e. The van der Waals surface area contributed by atoms with E-state index in [2.05, 4.69) is 31.5 Å². The number of nitriles is 1. The topological polar surface area (TPSA) is 105 Å². The maximum absolute atomic E-state index is 13.8. The molecule has 152 valence electrons. The van der Waals surface area contributed by atoms with E-state index in [0.29, 0.717) is 28.3 Å². The second-order valence-electron chi connectivity index (χ2n) is 6.03. The predicted molar refractivity (Wildman–Crippen MR) is 109 cm³/mol. The van der Waals surface area contributed by atoms with Gasteiger partial charge < -0.3 is 9.47 Å². The SMILES string of the molecule is COCc1cc(C)nc(N/N=C\c2cccc(Oc3nc(Cl)ncc3F)c2)c1C#N. The summed E-state index contributed by atoms with van der Waals surface area (Å²) in [6.07, 6.45) is 2.44. The lowest BCUT2D eigenvalue weighted by Crippen LogP contribution is -2.03. The summed E-state index contributed by atoms with van der Waals surface area (Å²) in [5, 5.41) is 13.5. The standard InChI is InChI=1S/C20H16ClFN6O2/c1-12-6-14(11-29-2)16(8-23)18(26-12)28-25-9-13-4-3-5-15(7-13)30-19-17(22)10-24-20(21)27-19/h3-7,9-10H,11H2,1-2H3,(H,26,28)/b25-9-. The zero-order valence-electron chi connectivity index (χ0n) is 16.1. The number of methoxy groups -OCH3 is 1. The van der Waals surface area contributed by atoms with Gasteiger partial charge in [0.05, 0.1) is 19.0 Å². The maximum Gasteiger partial charge on any atom is 0.260 e. The van der Waals surface area contributed by atoms with Gasteiger partial charge in [0.1, 0.15) is 17.4 Å². The second kappa shape index (κ2) is 9.73. The van der Waals surface area contributed by atoms with E-state index in [1.807, 2.05) is 6.92 Å². The van der Waals surface area contributed by atoms with Crippen molar-refractivity contribution in [1.29, 1.82) is 5.26 Å². The van der Waals surface area contributed by atoms with Crippen LogP contribution in [0.5, 0.6) is 11.6 Å². The second-order valence-corrected chi connectivity index (χ2v) is 6.37. The fourth-order valence-corrected chi connectivity index (χ4v) is 2.68. The van der Waals surface area contributed by atoms with Gasteiger partial charge in [-0.25, -0.2) is 9.97 Å². The number of hydrogen-bond donors (Lipinski definition) is 1. The largest absolute Gasteiger partial charge is 0.436 e. The molecule has 0 aliphatic rings. The highest BCUT2D eigenvalue weighted by Gasteiger charge is 2.11. The van der Waals surface area contributed by atoms with Crippen molar-refractivity contribution in [3.05, 3.63) is 70.0 Å². The molecule has 8 nitrogen and oxygen atoms in total. The van der Waals surface area contributed by atoms with Crippen molar-refractivity contribution in [3.63, 3.8) is 0 Å². The van der Waals surface area contributed by atoms with Gasteiger partial charge in [0.25, 0.3) is 5.88 Å². The number of nitrogens with one attached hydrogen (secondary N) is 1. The van der Waals surface area contributed by atoms with E-state index in [9.17, 15) is 9.65 Å².